The van der Waals surface area contributed by atoms with Crippen molar-refractivity contribution in [2.24, 2.45) is 10.9 Å². The number of carbonyl (C=O) groups excluding carboxylic acids is 1. The zero-order valence-electron chi connectivity index (χ0n) is 14.3. The summed E-state index contributed by atoms with van der Waals surface area (Å²) < 4.78 is 2.20. The summed E-state index contributed by atoms with van der Waals surface area (Å²) in [5, 5.41) is 0. The van der Waals surface area contributed by atoms with E-state index >= 15 is 0 Å². The average Bonchev–Trinajstić information content (AvgIpc) is 2.86. The van der Waals surface area contributed by atoms with Crippen LogP contribution in [-0.2, 0) is 4.79 Å². The maximum atomic E-state index is 12.5. The van der Waals surface area contributed by atoms with Gasteiger partial charge in [-0.05, 0) is 44.4 Å². The summed E-state index contributed by atoms with van der Waals surface area (Å²) in [6.45, 7) is 6.90. The Bertz CT molecular complexity index is 910. The van der Waals surface area contributed by atoms with Crippen LogP contribution in [0.5, 0.6) is 0 Å². The lowest BCUT2D eigenvalue weighted by Gasteiger charge is -2.11. The van der Waals surface area contributed by atoms with E-state index in [1.54, 1.807) is 0 Å². The largest absolute Gasteiger partial charge is 0.293 e. The van der Waals surface area contributed by atoms with Crippen LogP contribution in [0.1, 0.15) is 31.4 Å². The Morgan fingerprint density at radius 1 is 1.25 bits per heavy atom. The monoisotopic (exact) mass is 317 g/mol. The van der Waals surface area contributed by atoms with Gasteiger partial charge in [0.2, 0.25) is 11.4 Å². The number of benzene rings is 1. The third-order valence-corrected chi connectivity index (χ3v) is 4.98. The van der Waals surface area contributed by atoms with E-state index in [2.05, 4.69) is 47.8 Å². The molecular formula is C21H21N2O+. The minimum absolute atomic E-state index is 0.172. The molecule has 3 nitrogen and oxygen atoms in total. The van der Waals surface area contributed by atoms with Crippen molar-refractivity contribution < 1.29 is 9.37 Å². The first kappa shape index (κ1) is 15.0. The zero-order chi connectivity index (χ0) is 16.8. The highest BCUT2D eigenvalue weighted by atomic mass is 16.1. The van der Waals surface area contributed by atoms with Crippen LogP contribution in [0.4, 0.5) is 5.69 Å². The lowest BCUT2D eigenvalue weighted by atomic mass is 9.94. The molecule has 3 heteroatoms. The molecule has 2 heterocycles. The Hall–Kier alpha value is -2.55. The molecular weight excluding hydrogens is 296 g/mol. The number of allylic oxidation sites excluding steroid dienone is 5. The molecule has 4 rings (SSSR count). The fourth-order valence-electron chi connectivity index (χ4n) is 3.73. The van der Waals surface area contributed by atoms with E-state index in [1.165, 1.54) is 22.4 Å². The fraction of sp³-hybridized carbons (Fsp3) is 0.286. The van der Waals surface area contributed by atoms with Crippen LogP contribution in [0.15, 0.2) is 52.7 Å². The number of ketones is 1. The number of Topliss-reactive ketones (excluding diaryl/α,β-unsaturated/α-hetero) is 1. The molecule has 1 aliphatic carbocycles. The SMILES string of the molecule is CC1=CC=CC(C=[N+]2C3=C(CCN=C3C)c3ccc(C)cc32)C1=O. The summed E-state index contributed by atoms with van der Waals surface area (Å²) in [4.78, 5) is 17.1. The third-order valence-electron chi connectivity index (χ3n) is 4.98. The number of carbonyl (C=O) groups is 1. The van der Waals surface area contributed by atoms with Crippen LogP contribution in [-0.4, -0.2) is 28.8 Å². The number of aryl methyl sites for hydroxylation is 1. The van der Waals surface area contributed by atoms with E-state index < -0.39 is 0 Å². The second kappa shape index (κ2) is 5.52. The van der Waals surface area contributed by atoms with E-state index in [0.29, 0.717) is 0 Å². The van der Waals surface area contributed by atoms with Gasteiger partial charge in [-0.15, -0.1) is 0 Å². The van der Waals surface area contributed by atoms with Gasteiger partial charge < -0.3 is 0 Å². The molecule has 0 saturated carbocycles. The van der Waals surface area contributed by atoms with Crippen LogP contribution in [0, 0.1) is 12.8 Å². The first-order valence-corrected chi connectivity index (χ1v) is 8.45. The standard InChI is InChI=1S/C21H21N2O/c1-13-7-8-17-18-9-10-22-15(3)20(18)23(19(17)11-13)12-16-6-4-5-14(2)21(16)24/h4-8,11-12,16H,9-10H2,1-3H3/q+1. The van der Waals surface area contributed by atoms with E-state index in [4.69, 9.17) is 0 Å². The smallest absolute Gasteiger partial charge is 0.235 e. The van der Waals surface area contributed by atoms with Gasteiger partial charge >= 0.3 is 0 Å². The molecule has 0 N–H and O–H groups in total. The quantitative estimate of drug-likeness (QED) is 0.721. The summed E-state index contributed by atoms with van der Waals surface area (Å²) in [5.41, 5.74) is 8.06. The number of nitrogens with zero attached hydrogens (tertiary/aromatic N) is 2. The van der Waals surface area contributed by atoms with E-state index in [-0.39, 0.29) is 11.7 Å². The summed E-state index contributed by atoms with van der Waals surface area (Å²) >= 11 is 0. The second-order valence-electron chi connectivity index (χ2n) is 6.71. The molecule has 0 bridgehead atoms. The molecule has 0 fully saturated rings. The van der Waals surface area contributed by atoms with Gasteiger partial charge in [-0.1, -0.05) is 24.3 Å². The van der Waals surface area contributed by atoms with Gasteiger partial charge in [0.1, 0.15) is 11.6 Å². The number of dihydropyridines is 1. The number of hydrogen-bond donors (Lipinski definition) is 0. The van der Waals surface area contributed by atoms with Crippen LogP contribution >= 0.6 is 0 Å². The van der Waals surface area contributed by atoms with Gasteiger partial charge in [-0.3, -0.25) is 9.79 Å². The van der Waals surface area contributed by atoms with Crippen molar-refractivity contribution in [2.75, 3.05) is 6.54 Å². The van der Waals surface area contributed by atoms with Crippen molar-refractivity contribution in [2.45, 2.75) is 27.2 Å². The molecule has 24 heavy (non-hydrogen) atoms. The predicted molar refractivity (Wildman–Crippen MR) is 98.1 cm³/mol. The van der Waals surface area contributed by atoms with Crippen LogP contribution < -0.4 is 0 Å². The molecule has 3 aliphatic rings. The number of rotatable bonds is 1. The molecule has 1 aromatic rings. The maximum Gasteiger partial charge on any atom is 0.235 e. The van der Waals surface area contributed by atoms with Crippen molar-refractivity contribution in [1.29, 1.82) is 0 Å². The molecule has 1 atom stereocenters. The Kier molecular flexibility index (Phi) is 3.45. The minimum Gasteiger partial charge on any atom is -0.293 e. The number of aliphatic imine (C=N–C) groups is 1. The summed E-state index contributed by atoms with van der Waals surface area (Å²) in [7, 11) is 0. The topological polar surface area (TPSA) is 32.4 Å². The zero-order valence-corrected chi connectivity index (χ0v) is 14.3. The fourth-order valence-corrected chi connectivity index (χ4v) is 3.73. The van der Waals surface area contributed by atoms with Crippen molar-refractivity contribution >= 4 is 29.0 Å². The third kappa shape index (κ3) is 2.23. The predicted octanol–water partition coefficient (Wildman–Crippen LogP) is 4.00. The molecule has 120 valence electrons. The molecule has 2 aliphatic heterocycles. The first-order chi connectivity index (χ1) is 11.6. The minimum atomic E-state index is -0.218. The Morgan fingerprint density at radius 3 is 2.92 bits per heavy atom. The summed E-state index contributed by atoms with van der Waals surface area (Å²) in [5.74, 6) is -0.0453. The Morgan fingerprint density at radius 2 is 2.08 bits per heavy atom. The highest BCUT2D eigenvalue weighted by Gasteiger charge is 2.38. The second-order valence-corrected chi connectivity index (χ2v) is 6.71. The van der Waals surface area contributed by atoms with E-state index in [1.807, 2.05) is 25.2 Å². The van der Waals surface area contributed by atoms with Crippen molar-refractivity contribution in [3.8, 4) is 0 Å². The highest BCUT2D eigenvalue weighted by molar-refractivity contribution is 6.10. The lowest BCUT2D eigenvalue weighted by Crippen LogP contribution is -2.23. The molecule has 0 spiro atoms. The van der Waals surface area contributed by atoms with Crippen molar-refractivity contribution in [1.82, 2.24) is 0 Å². The molecule has 0 radical (unpaired) electrons. The van der Waals surface area contributed by atoms with E-state index in [0.717, 1.165) is 29.9 Å². The number of fused-ring (bicyclic) bond motifs is 2. The van der Waals surface area contributed by atoms with Gasteiger partial charge in [-0.2, -0.15) is 4.58 Å². The molecule has 0 aromatic heterocycles. The van der Waals surface area contributed by atoms with Crippen LogP contribution in [0.2, 0.25) is 0 Å². The Balaban J connectivity index is 1.89. The summed E-state index contributed by atoms with van der Waals surface area (Å²) in [6.07, 6.45) is 8.84. The van der Waals surface area contributed by atoms with Crippen LogP contribution in [0.3, 0.4) is 0 Å². The van der Waals surface area contributed by atoms with Crippen molar-refractivity contribution in [3.05, 3.63) is 58.8 Å². The van der Waals surface area contributed by atoms with Gasteiger partial charge in [0.15, 0.2) is 12.0 Å². The highest BCUT2D eigenvalue weighted by Crippen LogP contribution is 2.42. The van der Waals surface area contributed by atoms with Crippen molar-refractivity contribution in [3.63, 3.8) is 0 Å². The molecule has 1 unspecified atom stereocenters. The van der Waals surface area contributed by atoms with Gasteiger partial charge in [0, 0.05) is 18.2 Å². The van der Waals surface area contributed by atoms with Gasteiger partial charge in [0.25, 0.3) is 0 Å². The van der Waals surface area contributed by atoms with E-state index in [9.17, 15) is 4.79 Å². The maximum absolute atomic E-state index is 12.5. The summed E-state index contributed by atoms with van der Waals surface area (Å²) in [6, 6.07) is 6.57. The lowest BCUT2D eigenvalue weighted by molar-refractivity contribution is -0.364. The normalized spacial score (nSPS) is 24.0. The van der Waals surface area contributed by atoms with Gasteiger partial charge in [0.05, 0.1) is 5.56 Å². The first-order valence-electron chi connectivity index (χ1n) is 8.45. The molecule has 1 aromatic carbocycles. The molecule has 0 saturated heterocycles. The number of hydrogen-bond acceptors (Lipinski definition) is 2. The Labute approximate surface area is 142 Å². The molecule has 0 amide bonds. The van der Waals surface area contributed by atoms with Crippen LogP contribution in [0.25, 0.3) is 5.57 Å². The van der Waals surface area contributed by atoms with Gasteiger partial charge in [-0.25, -0.2) is 0 Å². The average molecular weight is 317 g/mol.